The predicted molar refractivity (Wildman–Crippen MR) is 67.9 cm³/mol. The molecule has 0 aliphatic heterocycles. The third kappa shape index (κ3) is 3.22. The Hall–Kier alpha value is -1.58. The lowest BCUT2D eigenvalue weighted by Crippen LogP contribution is -2.28. The van der Waals surface area contributed by atoms with Crippen molar-refractivity contribution in [2.75, 3.05) is 0 Å². The summed E-state index contributed by atoms with van der Waals surface area (Å²) in [5.74, 6) is -0.536. The van der Waals surface area contributed by atoms with Crippen LogP contribution in [0.15, 0.2) is 18.3 Å². The van der Waals surface area contributed by atoms with Crippen LogP contribution in [0.1, 0.15) is 49.9 Å². The highest BCUT2D eigenvalue weighted by atomic mass is 16.5. The summed E-state index contributed by atoms with van der Waals surface area (Å²) >= 11 is 0. The van der Waals surface area contributed by atoms with Crippen molar-refractivity contribution in [1.29, 1.82) is 0 Å². The number of pyridine rings is 1. The molecule has 1 aliphatic carbocycles. The van der Waals surface area contributed by atoms with E-state index in [2.05, 4.69) is 18.8 Å². The lowest BCUT2D eigenvalue weighted by molar-refractivity contribution is 0.0693. The van der Waals surface area contributed by atoms with Crippen molar-refractivity contribution in [1.82, 2.24) is 4.98 Å². The minimum atomic E-state index is -0.952. The Balaban J connectivity index is 1.98. The van der Waals surface area contributed by atoms with Crippen molar-refractivity contribution in [2.24, 2.45) is 5.41 Å². The molecule has 2 rings (SSSR count). The predicted octanol–water partition coefficient (Wildman–Crippen LogP) is 3.13. The van der Waals surface area contributed by atoms with Crippen LogP contribution in [0.3, 0.4) is 0 Å². The Kier molecular flexibility index (Phi) is 3.55. The quantitative estimate of drug-likeness (QED) is 0.894. The minimum Gasteiger partial charge on any atom is -0.478 e. The van der Waals surface area contributed by atoms with Gasteiger partial charge in [-0.15, -0.1) is 0 Å². The number of hydrogen-bond acceptors (Lipinski definition) is 3. The van der Waals surface area contributed by atoms with Gasteiger partial charge in [-0.1, -0.05) is 13.8 Å². The van der Waals surface area contributed by atoms with Crippen molar-refractivity contribution in [3.8, 4) is 5.88 Å². The van der Waals surface area contributed by atoms with Crippen LogP contribution in [0.25, 0.3) is 0 Å². The third-order valence-corrected chi connectivity index (χ3v) is 3.56. The highest BCUT2D eigenvalue weighted by Gasteiger charge is 2.28. The number of aromatic nitrogens is 1. The summed E-state index contributed by atoms with van der Waals surface area (Å²) in [5, 5.41) is 8.90. The number of aromatic carboxylic acids is 1. The van der Waals surface area contributed by atoms with Crippen molar-refractivity contribution < 1.29 is 14.6 Å². The minimum absolute atomic E-state index is 0.162. The highest BCUT2D eigenvalue weighted by Crippen LogP contribution is 2.36. The molecule has 1 fully saturated rings. The molecule has 0 radical (unpaired) electrons. The molecular formula is C14H19NO3. The zero-order valence-corrected chi connectivity index (χ0v) is 10.8. The molecule has 1 heterocycles. The van der Waals surface area contributed by atoms with Gasteiger partial charge < -0.3 is 9.84 Å². The van der Waals surface area contributed by atoms with Crippen LogP contribution in [0.4, 0.5) is 0 Å². The number of nitrogens with zero attached hydrogens (tertiary/aromatic N) is 1. The first-order chi connectivity index (χ1) is 8.46. The van der Waals surface area contributed by atoms with Gasteiger partial charge in [0.25, 0.3) is 0 Å². The molecule has 4 heteroatoms. The van der Waals surface area contributed by atoms with Crippen molar-refractivity contribution in [3.63, 3.8) is 0 Å². The van der Waals surface area contributed by atoms with E-state index in [1.807, 2.05) is 0 Å². The molecule has 1 aliphatic rings. The van der Waals surface area contributed by atoms with Gasteiger partial charge >= 0.3 is 5.97 Å². The summed E-state index contributed by atoms with van der Waals surface area (Å²) in [5.41, 5.74) is 0.618. The van der Waals surface area contributed by atoms with Crippen molar-refractivity contribution in [3.05, 3.63) is 23.9 Å². The molecule has 1 aromatic rings. The number of carbonyl (C=O) groups is 1. The van der Waals surface area contributed by atoms with E-state index in [1.165, 1.54) is 18.3 Å². The first kappa shape index (κ1) is 12.9. The highest BCUT2D eigenvalue weighted by molar-refractivity contribution is 5.87. The lowest BCUT2D eigenvalue weighted by Gasteiger charge is -2.34. The fraction of sp³-hybridized carbons (Fsp3) is 0.571. The summed E-state index contributed by atoms with van der Waals surface area (Å²) in [6.07, 6.45) is 5.92. The molecule has 1 N–H and O–H groups in total. The zero-order chi connectivity index (χ0) is 13.2. The molecule has 98 valence electrons. The second kappa shape index (κ2) is 4.96. The molecule has 0 aromatic carbocycles. The van der Waals surface area contributed by atoms with Gasteiger partial charge in [0.05, 0.1) is 5.56 Å². The van der Waals surface area contributed by atoms with Crippen molar-refractivity contribution >= 4 is 5.97 Å². The molecule has 0 atom stereocenters. The van der Waals surface area contributed by atoms with E-state index < -0.39 is 5.97 Å². The largest absolute Gasteiger partial charge is 0.478 e. The first-order valence-electron chi connectivity index (χ1n) is 6.32. The number of carboxylic acid groups (broad SMARTS) is 1. The third-order valence-electron chi connectivity index (χ3n) is 3.56. The fourth-order valence-corrected chi connectivity index (χ4v) is 2.27. The maximum atomic E-state index is 10.8. The Labute approximate surface area is 107 Å². The van der Waals surface area contributed by atoms with Gasteiger partial charge in [-0.3, -0.25) is 0 Å². The molecule has 1 saturated carbocycles. The second-order valence-electron chi connectivity index (χ2n) is 5.67. The molecule has 0 bridgehead atoms. The average molecular weight is 249 g/mol. The van der Waals surface area contributed by atoms with Gasteiger partial charge in [0.15, 0.2) is 0 Å². The summed E-state index contributed by atoms with van der Waals surface area (Å²) in [6, 6.07) is 2.96. The molecule has 0 unspecified atom stereocenters. The van der Waals surface area contributed by atoms with Gasteiger partial charge in [0.1, 0.15) is 6.10 Å². The van der Waals surface area contributed by atoms with E-state index in [0.29, 0.717) is 11.3 Å². The van der Waals surface area contributed by atoms with Crippen molar-refractivity contribution in [2.45, 2.75) is 45.6 Å². The summed E-state index contributed by atoms with van der Waals surface area (Å²) < 4.78 is 5.76. The smallest absolute Gasteiger partial charge is 0.335 e. The number of ether oxygens (including phenoxy) is 1. The van der Waals surface area contributed by atoms with Gasteiger partial charge in [0, 0.05) is 12.3 Å². The topological polar surface area (TPSA) is 59.4 Å². The van der Waals surface area contributed by atoms with Crippen LogP contribution in [-0.2, 0) is 0 Å². The zero-order valence-electron chi connectivity index (χ0n) is 10.8. The van der Waals surface area contributed by atoms with Crippen LogP contribution < -0.4 is 4.74 Å². The van der Waals surface area contributed by atoms with Gasteiger partial charge in [-0.25, -0.2) is 9.78 Å². The second-order valence-corrected chi connectivity index (χ2v) is 5.67. The average Bonchev–Trinajstić information content (AvgIpc) is 2.32. The number of hydrogen-bond donors (Lipinski definition) is 1. The van der Waals surface area contributed by atoms with Crippen LogP contribution in [0.2, 0.25) is 0 Å². The monoisotopic (exact) mass is 249 g/mol. The van der Waals surface area contributed by atoms with Crippen LogP contribution >= 0.6 is 0 Å². The Morgan fingerprint density at radius 2 is 2.11 bits per heavy atom. The van der Waals surface area contributed by atoms with Gasteiger partial charge in [0.2, 0.25) is 5.88 Å². The Bertz CT molecular complexity index is 432. The van der Waals surface area contributed by atoms with Crippen LogP contribution in [0.5, 0.6) is 5.88 Å². The molecule has 0 amide bonds. The van der Waals surface area contributed by atoms with E-state index >= 15 is 0 Å². The van der Waals surface area contributed by atoms with E-state index in [-0.39, 0.29) is 11.7 Å². The summed E-state index contributed by atoms with van der Waals surface area (Å²) in [7, 11) is 0. The van der Waals surface area contributed by atoms with E-state index in [4.69, 9.17) is 9.84 Å². The molecule has 4 nitrogen and oxygen atoms in total. The maximum absolute atomic E-state index is 10.8. The molecule has 18 heavy (non-hydrogen) atoms. The number of rotatable bonds is 3. The summed E-state index contributed by atoms with van der Waals surface area (Å²) in [4.78, 5) is 14.9. The van der Waals surface area contributed by atoms with E-state index in [0.717, 1.165) is 25.7 Å². The maximum Gasteiger partial charge on any atom is 0.335 e. The standard InChI is InChI=1S/C14H19NO3/c1-14(2)6-3-11(4-7-14)18-12-9-10(13(16)17)5-8-15-12/h5,8-9,11H,3-4,6-7H2,1-2H3,(H,16,17). The SMILES string of the molecule is CC1(C)CCC(Oc2cc(C(=O)O)ccn2)CC1. The van der Waals surface area contributed by atoms with E-state index in [9.17, 15) is 4.79 Å². The molecule has 1 aromatic heterocycles. The lowest BCUT2D eigenvalue weighted by atomic mass is 9.76. The van der Waals surface area contributed by atoms with E-state index in [1.54, 1.807) is 0 Å². The Morgan fingerprint density at radius 1 is 1.44 bits per heavy atom. The normalized spacial score (nSPS) is 19.4. The van der Waals surface area contributed by atoms with Gasteiger partial charge in [-0.05, 0) is 37.2 Å². The summed E-state index contributed by atoms with van der Waals surface area (Å²) in [6.45, 7) is 4.54. The molecular weight excluding hydrogens is 230 g/mol. The number of carboxylic acids is 1. The van der Waals surface area contributed by atoms with Gasteiger partial charge in [-0.2, -0.15) is 0 Å². The molecule has 0 saturated heterocycles. The Morgan fingerprint density at radius 3 is 2.72 bits per heavy atom. The van der Waals surface area contributed by atoms with Crippen LogP contribution in [0, 0.1) is 5.41 Å². The van der Waals surface area contributed by atoms with Crippen LogP contribution in [-0.4, -0.2) is 22.2 Å². The fourth-order valence-electron chi connectivity index (χ4n) is 2.27. The molecule has 0 spiro atoms. The first-order valence-corrected chi connectivity index (χ1v) is 6.32.